The van der Waals surface area contributed by atoms with E-state index in [-0.39, 0.29) is 17.7 Å². The zero-order valence-corrected chi connectivity index (χ0v) is 12.3. The Bertz CT molecular complexity index is 608. The van der Waals surface area contributed by atoms with E-state index in [1.807, 2.05) is 43.3 Å². The highest BCUT2D eigenvalue weighted by molar-refractivity contribution is 5.80. The molecule has 0 aliphatic carbocycles. The number of phenols is 1. The van der Waals surface area contributed by atoms with Crippen LogP contribution in [0, 0.1) is 0 Å². The SMILES string of the molecule is CNC(=O)Cc1ccccc1NC(C)c1ccc(O)cc1. The molecule has 0 spiro atoms. The number of likely N-dealkylation sites (N-methyl/N-ethyl adjacent to an activating group) is 1. The van der Waals surface area contributed by atoms with Crippen LogP contribution in [0.3, 0.4) is 0 Å². The third-order valence-corrected chi connectivity index (χ3v) is 3.41. The number of hydrogen-bond donors (Lipinski definition) is 3. The molecule has 3 N–H and O–H groups in total. The monoisotopic (exact) mass is 284 g/mol. The number of carbonyl (C=O) groups excluding carboxylic acids is 1. The Morgan fingerprint density at radius 1 is 1.14 bits per heavy atom. The molecule has 0 heterocycles. The fourth-order valence-corrected chi connectivity index (χ4v) is 2.16. The first-order valence-corrected chi connectivity index (χ1v) is 6.94. The number of nitrogens with one attached hydrogen (secondary N) is 2. The van der Waals surface area contributed by atoms with Gasteiger partial charge in [-0.2, -0.15) is 0 Å². The lowest BCUT2D eigenvalue weighted by atomic mass is 10.1. The van der Waals surface area contributed by atoms with Gasteiger partial charge in [0.2, 0.25) is 5.91 Å². The molecule has 0 bridgehead atoms. The van der Waals surface area contributed by atoms with Crippen molar-refractivity contribution in [3.8, 4) is 5.75 Å². The van der Waals surface area contributed by atoms with Crippen LogP contribution in [0.2, 0.25) is 0 Å². The summed E-state index contributed by atoms with van der Waals surface area (Å²) in [7, 11) is 1.64. The predicted molar refractivity (Wildman–Crippen MR) is 84.4 cm³/mol. The molecule has 0 saturated heterocycles. The number of anilines is 1. The van der Waals surface area contributed by atoms with Gasteiger partial charge in [-0.25, -0.2) is 0 Å². The number of rotatable bonds is 5. The van der Waals surface area contributed by atoms with E-state index < -0.39 is 0 Å². The summed E-state index contributed by atoms with van der Waals surface area (Å²) in [5.74, 6) is 0.243. The van der Waals surface area contributed by atoms with Crippen molar-refractivity contribution < 1.29 is 9.90 Å². The molecule has 1 unspecified atom stereocenters. The van der Waals surface area contributed by atoms with Gasteiger partial charge < -0.3 is 15.7 Å². The summed E-state index contributed by atoms with van der Waals surface area (Å²) in [6.07, 6.45) is 0.349. The predicted octanol–water partition coefficient (Wildman–Crippen LogP) is 2.85. The molecule has 0 aromatic heterocycles. The van der Waals surface area contributed by atoms with E-state index >= 15 is 0 Å². The topological polar surface area (TPSA) is 61.4 Å². The summed E-state index contributed by atoms with van der Waals surface area (Å²) in [5, 5.41) is 15.4. The average molecular weight is 284 g/mol. The molecular weight excluding hydrogens is 264 g/mol. The Kier molecular flexibility index (Phi) is 4.82. The van der Waals surface area contributed by atoms with Gasteiger partial charge in [0, 0.05) is 18.8 Å². The summed E-state index contributed by atoms with van der Waals surface area (Å²) in [6, 6.07) is 15.0. The molecule has 21 heavy (non-hydrogen) atoms. The molecule has 1 amide bonds. The van der Waals surface area contributed by atoms with E-state index in [2.05, 4.69) is 10.6 Å². The maximum atomic E-state index is 11.6. The van der Waals surface area contributed by atoms with Crippen molar-refractivity contribution in [3.63, 3.8) is 0 Å². The number of carbonyl (C=O) groups is 1. The minimum atomic E-state index is -0.0125. The van der Waals surface area contributed by atoms with Gasteiger partial charge in [-0.1, -0.05) is 30.3 Å². The van der Waals surface area contributed by atoms with Crippen molar-refractivity contribution in [1.82, 2.24) is 5.32 Å². The number of hydrogen-bond acceptors (Lipinski definition) is 3. The molecule has 1 atom stereocenters. The smallest absolute Gasteiger partial charge is 0.224 e. The number of amides is 1. The fraction of sp³-hybridized carbons (Fsp3) is 0.235. The molecule has 0 radical (unpaired) electrons. The summed E-state index contributed by atoms with van der Waals surface area (Å²) in [6.45, 7) is 2.04. The largest absolute Gasteiger partial charge is 0.508 e. The molecule has 0 aliphatic heterocycles. The summed E-state index contributed by atoms with van der Waals surface area (Å²) >= 11 is 0. The summed E-state index contributed by atoms with van der Waals surface area (Å²) in [4.78, 5) is 11.6. The number of phenolic OH excluding ortho intramolecular Hbond substituents is 1. The molecule has 2 rings (SSSR count). The second-order valence-electron chi connectivity index (χ2n) is 4.96. The molecule has 4 nitrogen and oxygen atoms in total. The first kappa shape index (κ1) is 14.9. The molecule has 0 aliphatic rings. The molecule has 0 fully saturated rings. The van der Waals surface area contributed by atoms with Gasteiger partial charge in [-0.05, 0) is 36.2 Å². The van der Waals surface area contributed by atoms with Gasteiger partial charge in [0.15, 0.2) is 0 Å². The molecular formula is C17H20N2O2. The first-order chi connectivity index (χ1) is 10.1. The van der Waals surface area contributed by atoms with Crippen molar-refractivity contribution in [1.29, 1.82) is 0 Å². The fourth-order valence-electron chi connectivity index (χ4n) is 2.16. The molecule has 0 saturated carbocycles. The lowest BCUT2D eigenvalue weighted by molar-refractivity contribution is -0.119. The lowest BCUT2D eigenvalue weighted by Gasteiger charge is -2.18. The van der Waals surface area contributed by atoms with Gasteiger partial charge in [-0.15, -0.1) is 0 Å². The molecule has 2 aromatic rings. The van der Waals surface area contributed by atoms with Crippen molar-refractivity contribution in [2.75, 3.05) is 12.4 Å². The molecule has 4 heteroatoms. The third-order valence-electron chi connectivity index (χ3n) is 3.41. The van der Waals surface area contributed by atoms with Crippen molar-refractivity contribution in [2.45, 2.75) is 19.4 Å². The van der Waals surface area contributed by atoms with E-state index in [0.29, 0.717) is 6.42 Å². The van der Waals surface area contributed by atoms with Gasteiger partial charge >= 0.3 is 0 Å². The average Bonchev–Trinajstić information content (AvgIpc) is 2.49. The van der Waals surface area contributed by atoms with Gasteiger partial charge in [-0.3, -0.25) is 4.79 Å². The van der Waals surface area contributed by atoms with E-state index in [1.165, 1.54) is 0 Å². The van der Waals surface area contributed by atoms with Crippen LogP contribution in [0.4, 0.5) is 5.69 Å². The summed E-state index contributed by atoms with van der Waals surface area (Å²) in [5.41, 5.74) is 2.98. The van der Waals surface area contributed by atoms with Crippen molar-refractivity contribution >= 4 is 11.6 Å². The second-order valence-corrected chi connectivity index (χ2v) is 4.96. The van der Waals surface area contributed by atoms with Gasteiger partial charge in [0.25, 0.3) is 0 Å². The van der Waals surface area contributed by atoms with Crippen LogP contribution >= 0.6 is 0 Å². The number of para-hydroxylation sites is 1. The Hall–Kier alpha value is -2.49. The second kappa shape index (κ2) is 6.79. The van der Waals surface area contributed by atoms with E-state index in [4.69, 9.17) is 0 Å². The number of benzene rings is 2. The maximum absolute atomic E-state index is 11.6. The Labute approximate surface area is 124 Å². The van der Waals surface area contributed by atoms with Crippen LogP contribution in [-0.4, -0.2) is 18.1 Å². The Morgan fingerprint density at radius 2 is 1.81 bits per heavy atom. The maximum Gasteiger partial charge on any atom is 0.224 e. The van der Waals surface area contributed by atoms with E-state index in [0.717, 1.165) is 16.8 Å². The minimum absolute atomic E-state index is 0.0125. The zero-order valence-electron chi connectivity index (χ0n) is 12.3. The lowest BCUT2D eigenvalue weighted by Crippen LogP contribution is -2.20. The number of aromatic hydroxyl groups is 1. The van der Waals surface area contributed by atoms with Crippen molar-refractivity contribution in [3.05, 3.63) is 59.7 Å². The highest BCUT2D eigenvalue weighted by Gasteiger charge is 2.10. The highest BCUT2D eigenvalue weighted by Crippen LogP contribution is 2.24. The first-order valence-electron chi connectivity index (χ1n) is 6.94. The van der Waals surface area contributed by atoms with E-state index in [9.17, 15) is 9.90 Å². The van der Waals surface area contributed by atoms with E-state index in [1.54, 1.807) is 19.2 Å². The van der Waals surface area contributed by atoms with Gasteiger partial charge in [0.1, 0.15) is 5.75 Å². The van der Waals surface area contributed by atoms with Crippen LogP contribution in [0.25, 0.3) is 0 Å². The zero-order chi connectivity index (χ0) is 15.2. The highest BCUT2D eigenvalue weighted by atomic mass is 16.3. The van der Waals surface area contributed by atoms with Crippen LogP contribution in [0.15, 0.2) is 48.5 Å². The molecule has 2 aromatic carbocycles. The minimum Gasteiger partial charge on any atom is -0.508 e. The standard InChI is InChI=1S/C17H20N2O2/c1-12(13-7-9-15(20)10-8-13)19-16-6-4-3-5-14(16)11-17(21)18-2/h3-10,12,19-20H,11H2,1-2H3,(H,18,21). The molecule has 110 valence electrons. The van der Waals surface area contributed by atoms with Crippen LogP contribution < -0.4 is 10.6 Å². The Balaban J connectivity index is 2.15. The van der Waals surface area contributed by atoms with Crippen molar-refractivity contribution in [2.24, 2.45) is 0 Å². The van der Waals surface area contributed by atoms with Crippen LogP contribution in [0.1, 0.15) is 24.1 Å². The van der Waals surface area contributed by atoms with Gasteiger partial charge in [0.05, 0.1) is 6.42 Å². The third kappa shape index (κ3) is 3.99. The van der Waals surface area contributed by atoms with Crippen LogP contribution in [-0.2, 0) is 11.2 Å². The quantitative estimate of drug-likeness (QED) is 0.791. The summed E-state index contributed by atoms with van der Waals surface area (Å²) < 4.78 is 0. The Morgan fingerprint density at radius 3 is 2.48 bits per heavy atom. The normalized spacial score (nSPS) is 11.7. The van der Waals surface area contributed by atoms with Crippen LogP contribution in [0.5, 0.6) is 5.75 Å².